The molecule has 0 bridgehead atoms. The monoisotopic (exact) mass is 554 g/mol. The van der Waals surface area contributed by atoms with Crippen LogP contribution >= 0.6 is 0 Å². The third-order valence-electron chi connectivity index (χ3n) is 6.12. The number of halogens is 2. The van der Waals surface area contributed by atoms with Gasteiger partial charge in [0.2, 0.25) is 0 Å². The van der Waals surface area contributed by atoms with Crippen LogP contribution in [0.2, 0.25) is 0 Å². The van der Waals surface area contributed by atoms with Crippen LogP contribution in [0, 0.1) is 23.0 Å². The van der Waals surface area contributed by atoms with Gasteiger partial charge in [0.1, 0.15) is 29.2 Å². The van der Waals surface area contributed by atoms with E-state index in [2.05, 4.69) is 25.6 Å². The van der Waals surface area contributed by atoms with E-state index in [-0.39, 0.29) is 34.4 Å². The Bertz CT molecular complexity index is 1770. The van der Waals surface area contributed by atoms with E-state index in [9.17, 15) is 14.4 Å². The number of nitrogens with one attached hydrogen (secondary N) is 2. The summed E-state index contributed by atoms with van der Waals surface area (Å²) in [6, 6.07) is 13.6. The van der Waals surface area contributed by atoms with E-state index in [1.807, 2.05) is 20.0 Å². The van der Waals surface area contributed by atoms with Gasteiger partial charge in [-0.25, -0.2) is 18.5 Å². The number of aromatic amines is 1. The molecule has 10 nitrogen and oxygen atoms in total. The van der Waals surface area contributed by atoms with Crippen molar-refractivity contribution in [3.05, 3.63) is 96.1 Å². The molecule has 0 spiro atoms. The Kier molecular flexibility index (Phi) is 7.43. The molecule has 0 radical (unpaired) electrons. The van der Waals surface area contributed by atoms with E-state index in [4.69, 9.17) is 4.74 Å². The molecule has 5 rings (SSSR count). The molecule has 0 aliphatic heterocycles. The fourth-order valence-electron chi connectivity index (χ4n) is 3.98. The fourth-order valence-corrected chi connectivity index (χ4v) is 3.98. The second-order valence-electron chi connectivity index (χ2n) is 9.40. The summed E-state index contributed by atoms with van der Waals surface area (Å²) in [5.41, 5.74) is 1.97. The molecule has 0 unspecified atom stereocenters. The molecule has 0 fully saturated rings. The van der Waals surface area contributed by atoms with E-state index in [1.165, 1.54) is 24.3 Å². The Morgan fingerprint density at radius 1 is 1.10 bits per heavy atom. The highest BCUT2D eigenvalue weighted by molar-refractivity contribution is 6.06. The van der Waals surface area contributed by atoms with Gasteiger partial charge in [-0.05, 0) is 42.3 Å². The summed E-state index contributed by atoms with van der Waals surface area (Å²) in [5.74, 6) is -0.583. The minimum absolute atomic E-state index is 0.0786. The van der Waals surface area contributed by atoms with Crippen LogP contribution in [0.3, 0.4) is 0 Å². The topological polar surface area (TPSA) is 125 Å². The number of rotatable bonds is 7. The normalized spacial score (nSPS) is 10.9. The van der Waals surface area contributed by atoms with Gasteiger partial charge in [0.25, 0.3) is 0 Å². The van der Waals surface area contributed by atoms with Gasteiger partial charge in [0, 0.05) is 48.9 Å². The Morgan fingerprint density at radius 3 is 2.59 bits per heavy atom. The van der Waals surface area contributed by atoms with Crippen LogP contribution < -0.4 is 15.0 Å². The van der Waals surface area contributed by atoms with Gasteiger partial charge in [-0.1, -0.05) is 13.8 Å². The first kappa shape index (κ1) is 27.0. The number of aryl methyl sites for hydroxylation is 1. The molecule has 0 saturated carbocycles. The van der Waals surface area contributed by atoms with Gasteiger partial charge >= 0.3 is 6.03 Å². The number of nitriles is 1. The Morgan fingerprint density at radius 2 is 1.90 bits per heavy atom. The number of ether oxygens (including phenoxy) is 1. The number of urea groups is 1. The zero-order chi connectivity index (χ0) is 29.1. The summed E-state index contributed by atoms with van der Waals surface area (Å²) in [4.78, 5) is 18.9. The van der Waals surface area contributed by atoms with Crippen LogP contribution in [-0.2, 0) is 7.05 Å². The average Bonchev–Trinajstić information content (AvgIpc) is 3.61. The first-order valence-corrected chi connectivity index (χ1v) is 12.5. The lowest BCUT2D eigenvalue weighted by Crippen LogP contribution is -2.31. The predicted octanol–water partition coefficient (Wildman–Crippen LogP) is 6.64. The summed E-state index contributed by atoms with van der Waals surface area (Å²) in [6.45, 7) is 3.88. The highest BCUT2D eigenvalue weighted by Crippen LogP contribution is 2.31. The lowest BCUT2D eigenvalue weighted by molar-refractivity contribution is 0.258. The van der Waals surface area contributed by atoms with Crippen molar-refractivity contribution in [2.45, 2.75) is 19.8 Å². The molecule has 0 atom stereocenters. The minimum atomic E-state index is -0.773. The third kappa shape index (κ3) is 5.89. The molecular formula is C29H24F2N8O2. The van der Waals surface area contributed by atoms with E-state index >= 15 is 4.39 Å². The number of carbonyl (C=O) groups is 1. The lowest BCUT2D eigenvalue weighted by atomic mass is 10.1. The van der Waals surface area contributed by atoms with Crippen molar-refractivity contribution >= 4 is 23.2 Å². The molecule has 2 amide bonds. The molecule has 0 aliphatic carbocycles. The molecule has 0 saturated heterocycles. The fraction of sp³-hybridized carbons (Fsp3) is 0.138. The molecule has 12 heteroatoms. The van der Waals surface area contributed by atoms with E-state index < -0.39 is 17.7 Å². The van der Waals surface area contributed by atoms with Crippen LogP contribution in [0.15, 0.2) is 73.2 Å². The van der Waals surface area contributed by atoms with Gasteiger partial charge in [0.15, 0.2) is 5.82 Å². The number of carbonyl (C=O) groups excluding carboxylic acids is 1. The van der Waals surface area contributed by atoms with Crippen LogP contribution in [0.1, 0.15) is 31.0 Å². The lowest BCUT2D eigenvalue weighted by Gasteiger charge is -2.21. The number of H-pyrrole nitrogens is 1. The standard InChI is InChI=1S/C29H24F2N8O2/c1-17(2)26-13-28(37-36-26)39(20-4-6-23(30)18(10-20)14-32)29(40)35-25-7-5-21(11-24(25)31)41-22-8-9-33-27(12-22)19-15-34-38(3)16-19/h4-13,15-17H,1-3H3,(H,35,40)(H,36,37). The van der Waals surface area contributed by atoms with E-state index in [0.717, 1.165) is 28.3 Å². The zero-order valence-corrected chi connectivity index (χ0v) is 22.3. The van der Waals surface area contributed by atoms with Crippen molar-refractivity contribution < 1.29 is 18.3 Å². The maximum Gasteiger partial charge on any atom is 0.332 e. The highest BCUT2D eigenvalue weighted by atomic mass is 19.1. The number of hydrogen-bond donors (Lipinski definition) is 2. The molecule has 3 aromatic heterocycles. The number of pyridine rings is 1. The number of aromatic nitrogens is 5. The first-order valence-electron chi connectivity index (χ1n) is 12.5. The minimum Gasteiger partial charge on any atom is -0.457 e. The number of amides is 2. The molecule has 5 aromatic rings. The number of anilines is 3. The van der Waals surface area contributed by atoms with E-state index in [0.29, 0.717) is 11.4 Å². The van der Waals surface area contributed by atoms with Crippen molar-refractivity contribution in [3.63, 3.8) is 0 Å². The van der Waals surface area contributed by atoms with Crippen LogP contribution in [-0.4, -0.2) is 31.0 Å². The maximum atomic E-state index is 15.2. The zero-order valence-electron chi connectivity index (χ0n) is 22.3. The van der Waals surface area contributed by atoms with Crippen LogP contribution in [0.4, 0.5) is 30.8 Å². The smallest absolute Gasteiger partial charge is 0.332 e. The Hall–Kier alpha value is -5.57. The molecule has 206 valence electrons. The number of hydrogen-bond acceptors (Lipinski definition) is 6. The summed E-state index contributed by atoms with van der Waals surface area (Å²) >= 11 is 0. The van der Waals surface area contributed by atoms with E-state index in [1.54, 1.807) is 48.4 Å². The molecule has 0 aliphatic rings. The van der Waals surface area contributed by atoms with Crippen molar-refractivity contribution in [2.24, 2.45) is 7.05 Å². The maximum absolute atomic E-state index is 15.2. The Labute approximate surface area is 233 Å². The molecule has 41 heavy (non-hydrogen) atoms. The summed E-state index contributed by atoms with van der Waals surface area (Å²) in [6.07, 6.45) is 5.06. The summed E-state index contributed by atoms with van der Waals surface area (Å²) in [5, 5.41) is 23.0. The average molecular weight is 555 g/mol. The highest BCUT2D eigenvalue weighted by Gasteiger charge is 2.24. The van der Waals surface area contributed by atoms with Crippen LogP contribution in [0.5, 0.6) is 11.5 Å². The predicted molar refractivity (Wildman–Crippen MR) is 148 cm³/mol. The number of nitrogens with zero attached hydrogens (tertiary/aromatic N) is 6. The van der Waals surface area contributed by atoms with Gasteiger partial charge in [0.05, 0.1) is 28.8 Å². The summed E-state index contributed by atoms with van der Waals surface area (Å²) < 4.78 is 36.7. The number of benzene rings is 2. The van der Waals surface area contributed by atoms with Crippen molar-refractivity contribution in [2.75, 3.05) is 10.2 Å². The quantitative estimate of drug-likeness (QED) is 0.232. The largest absolute Gasteiger partial charge is 0.457 e. The summed E-state index contributed by atoms with van der Waals surface area (Å²) in [7, 11) is 1.80. The van der Waals surface area contributed by atoms with Gasteiger partial charge in [-0.2, -0.15) is 15.5 Å². The molecule has 3 heterocycles. The van der Waals surface area contributed by atoms with Crippen molar-refractivity contribution in [3.8, 4) is 28.8 Å². The third-order valence-corrected chi connectivity index (χ3v) is 6.12. The van der Waals surface area contributed by atoms with Gasteiger partial charge < -0.3 is 10.1 Å². The molecule has 2 N–H and O–H groups in total. The Balaban J connectivity index is 1.39. The SMILES string of the molecule is CC(C)c1cc(N(C(=O)Nc2ccc(Oc3ccnc(-c4cnn(C)c4)c3)cc2F)c2ccc(F)c(C#N)c2)n[nH]1. The molecule has 2 aromatic carbocycles. The first-order chi connectivity index (χ1) is 19.7. The second-order valence-corrected chi connectivity index (χ2v) is 9.40. The molecular weight excluding hydrogens is 530 g/mol. The van der Waals surface area contributed by atoms with Crippen LogP contribution in [0.25, 0.3) is 11.3 Å². The van der Waals surface area contributed by atoms with Gasteiger partial charge in [-0.3, -0.25) is 14.8 Å². The van der Waals surface area contributed by atoms with Gasteiger partial charge in [-0.15, -0.1) is 0 Å². The van der Waals surface area contributed by atoms with Crippen molar-refractivity contribution in [1.29, 1.82) is 5.26 Å². The van der Waals surface area contributed by atoms with Crippen molar-refractivity contribution in [1.82, 2.24) is 25.0 Å². The second kappa shape index (κ2) is 11.3.